The van der Waals surface area contributed by atoms with Gasteiger partial charge in [0.15, 0.2) is 0 Å². The van der Waals surface area contributed by atoms with Crippen molar-refractivity contribution in [3.63, 3.8) is 0 Å². The quantitative estimate of drug-likeness (QED) is 0.443. The molecule has 0 atom stereocenters. The van der Waals surface area contributed by atoms with Gasteiger partial charge in [0.25, 0.3) is 0 Å². The molecule has 0 saturated heterocycles. The van der Waals surface area contributed by atoms with Crippen LogP contribution < -0.4 is 0 Å². The predicted octanol–water partition coefficient (Wildman–Crippen LogP) is 5.41. The lowest BCUT2D eigenvalue weighted by molar-refractivity contribution is -0.174. The summed E-state index contributed by atoms with van der Waals surface area (Å²) in [5, 5.41) is 0.551. The maximum absolute atomic E-state index is 12.0. The van der Waals surface area contributed by atoms with E-state index in [0.717, 1.165) is 5.56 Å². The lowest BCUT2D eigenvalue weighted by Crippen LogP contribution is -2.31. The van der Waals surface area contributed by atoms with Gasteiger partial charge in [0.05, 0.1) is 0 Å². The van der Waals surface area contributed by atoms with Crippen molar-refractivity contribution in [2.24, 2.45) is 0 Å². The first kappa shape index (κ1) is 18.9. The third-order valence-electron chi connectivity index (χ3n) is 3.17. The molecule has 0 N–H and O–H groups in total. The summed E-state index contributed by atoms with van der Waals surface area (Å²) < 4.78 is 40.6. The second-order valence-electron chi connectivity index (χ2n) is 4.80. The normalized spacial score (nSPS) is 12.7. The number of benzene rings is 1. The second kappa shape index (κ2) is 8.47. The SMILES string of the molecule is FC(F)(F)COCCCC(CCl)(CCl)c1ccccc1Cl. The van der Waals surface area contributed by atoms with Crippen LogP contribution in [0.5, 0.6) is 0 Å². The second-order valence-corrected chi connectivity index (χ2v) is 5.74. The Morgan fingerprint density at radius 1 is 1.05 bits per heavy atom. The lowest BCUT2D eigenvalue weighted by atomic mass is 9.80. The van der Waals surface area contributed by atoms with Gasteiger partial charge in [-0.1, -0.05) is 29.8 Å². The highest BCUT2D eigenvalue weighted by atomic mass is 35.5. The Bertz CT molecular complexity index is 434. The monoisotopic (exact) mass is 362 g/mol. The first-order valence-electron chi connectivity index (χ1n) is 6.36. The van der Waals surface area contributed by atoms with Crippen LogP contribution in [0.15, 0.2) is 24.3 Å². The zero-order valence-corrected chi connectivity index (χ0v) is 13.5. The summed E-state index contributed by atoms with van der Waals surface area (Å²) in [7, 11) is 0. The highest BCUT2D eigenvalue weighted by Gasteiger charge is 2.32. The van der Waals surface area contributed by atoms with Gasteiger partial charge in [-0.15, -0.1) is 23.2 Å². The van der Waals surface area contributed by atoms with Crippen molar-refractivity contribution < 1.29 is 17.9 Å². The molecule has 1 rings (SSSR count). The standard InChI is InChI=1S/C14H16Cl3F3O/c15-8-13(9-16,11-4-1-2-5-12(11)17)6-3-7-21-10-14(18,19)20/h1-2,4-5H,3,6-10H2. The Balaban J connectivity index is 2.64. The minimum Gasteiger partial charge on any atom is -0.372 e. The van der Waals surface area contributed by atoms with E-state index < -0.39 is 18.2 Å². The molecule has 1 aromatic carbocycles. The minimum atomic E-state index is -4.31. The molecule has 0 fully saturated rings. The molecular formula is C14H16Cl3F3O. The molecule has 7 heteroatoms. The van der Waals surface area contributed by atoms with E-state index in [2.05, 4.69) is 4.74 Å². The Hall–Kier alpha value is -0.160. The van der Waals surface area contributed by atoms with Crippen LogP contribution >= 0.6 is 34.8 Å². The van der Waals surface area contributed by atoms with Crippen LogP contribution in [0.2, 0.25) is 5.02 Å². The molecule has 0 aliphatic rings. The fraction of sp³-hybridized carbons (Fsp3) is 0.571. The average molecular weight is 364 g/mol. The van der Waals surface area contributed by atoms with Crippen LogP contribution in [0.1, 0.15) is 18.4 Å². The van der Waals surface area contributed by atoms with Gasteiger partial charge in [0, 0.05) is 28.8 Å². The van der Waals surface area contributed by atoms with E-state index in [1.54, 1.807) is 12.1 Å². The third kappa shape index (κ3) is 5.85. The Morgan fingerprint density at radius 3 is 2.19 bits per heavy atom. The number of halogens is 6. The minimum absolute atomic E-state index is 0.000506. The van der Waals surface area contributed by atoms with Gasteiger partial charge >= 0.3 is 6.18 Å². The van der Waals surface area contributed by atoms with E-state index in [9.17, 15) is 13.2 Å². The molecule has 0 bridgehead atoms. The molecule has 0 amide bonds. The maximum Gasteiger partial charge on any atom is 0.411 e. The van der Waals surface area contributed by atoms with Crippen molar-refractivity contribution in [1.82, 2.24) is 0 Å². The summed E-state index contributed by atoms with van der Waals surface area (Å²) in [6, 6.07) is 7.20. The third-order valence-corrected chi connectivity index (χ3v) is 4.52. The molecule has 0 unspecified atom stereocenters. The average Bonchev–Trinajstić information content (AvgIpc) is 2.43. The van der Waals surface area contributed by atoms with Gasteiger partial charge < -0.3 is 4.74 Å². The zero-order valence-electron chi connectivity index (χ0n) is 11.2. The molecule has 0 radical (unpaired) electrons. The molecule has 1 nitrogen and oxygen atoms in total. The molecular weight excluding hydrogens is 348 g/mol. The van der Waals surface area contributed by atoms with Crippen molar-refractivity contribution >= 4 is 34.8 Å². The molecule has 0 aromatic heterocycles. The summed E-state index contributed by atoms with van der Waals surface area (Å²) in [6.45, 7) is -1.24. The number of rotatable bonds is 8. The summed E-state index contributed by atoms with van der Waals surface area (Å²) in [6.07, 6.45) is -3.39. The smallest absolute Gasteiger partial charge is 0.372 e. The van der Waals surface area contributed by atoms with Gasteiger partial charge in [0.1, 0.15) is 6.61 Å². The number of ether oxygens (including phenoxy) is 1. The van der Waals surface area contributed by atoms with Crippen molar-refractivity contribution in [2.45, 2.75) is 24.4 Å². The summed E-state index contributed by atoms with van der Waals surface area (Å²) in [5.74, 6) is 0.471. The van der Waals surface area contributed by atoms with Gasteiger partial charge in [-0.05, 0) is 24.5 Å². The van der Waals surface area contributed by atoms with E-state index in [1.807, 2.05) is 12.1 Å². The van der Waals surface area contributed by atoms with Crippen molar-refractivity contribution in [2.75, 3.05) is 25.0 Å². The zero-order chi connectivity index (χ0) is 15.9. The van der Waals surface area contributed by atoms with Crippen LogP contribution in [0.4, 0.5) is 13.2 Å². The van der Waals surface area contributed by atoms with Crippen LogP contribution in [-0.4, -0.2) is 31.2 Å². The van der Waals surface area contributed by atoms with Crippen LogP contribution in [-0.2, 0) is 10.2 Å². The topological polar surface area (TPSA) is 9.23 Å². The maximum atomic E-state index is 12.0. The van der Waals surface area contributed by atoms with Crippen LogP contribution in [0, 0.1) is 0 Å². The van der Waals surface area contributed by atoms with E-state index in [4.69, 9.17) is 34.8 Å². The molecule has 0 heterocycles. The highest BCUT2D eigenvalue weighted by molar-refractivity contribution is 6.32. The summed E-state index contributed by atoms with van der Waals surface area (Å²) in [5.41, 5.74) is 0.246. The van der Waals surface area contributed by atoms with Crippen molar-refractivity contribution in [3.05, 3.63) is 34.9 Å². The van der Waals surface area contributed by atoms with E-state index in [-0.39, 0.29) is 18.4 Å². The summed E-state index contributed by atoms with van der Waals surface area (Å²) in [4.78, 5) is 0. The molecule has 1 aromatic rings. The van der Waals surface area contributed by atoms with Gasteiger partial charge in [0.2, 0.25) is 0 Å². The van der Waals surface area contributed by atoms with E-state index in [1.165, 1.54) is 0 Å². The van der Waals surface area contributed by atoms with Gasteiger partial charge in [-0.3, -0.25) is 0 Å². The number of alkyl halides is 5. The highest BCUT2D eigenvalue weighted by Crippen LogP contribution is 2.36. The lowest BCUT2D eigenvalue weighted by Gasteiger charge is -2.31. The fourth-order valence-electron chi connectivity index (χ4n) is 2.04. The van der Waals surface area contributed by atoms with Crippen molar-refractivity contribution in [1.29, 1.82) is 0 Å². The number of hydrogen-bond donors (Lipinski definition) is 0. The Kier molecular flexibility index (Phi) is 7.62. The van der Waals surface area contributed by atoms with Crippen LogP contribution in [0.3, 0.4) is 0 Å². The van der Waals surface area contributed by atoms with Crippen LogP contribution in [0.25, 0.3) is 0 Å². The van der Waals surface area contributed by atoms with Gasteiger partial charge in [-0.2, -0.15) is 13.2 Å². The molecule has 0 spiro atoms. The Labute approximate surface area is 137 Å². The molecule has 0 saturated carbocycles. The largest absolute Gasteiger partial charge is 0.411 e. The molecule has 0 aliphatic carbocycles. The molecule has 21 heavy (non-hydrogen) atoms. The predicted molar refractivity (Wildman–Crippen MR) is 80.7 cm³/mol. The summed E-state index contributed by atoms with van der Waals surface area (Å²) >= 11 is 18.3. The van der Waals surface area contributed by atoms with Gasteiger partial charge in [-0.25, -0.2) is 0 Å². The first-order chi connectivity index (χ1) is 9.84. The first-order valence-corrected chi connectivity index (χ1v) is 7.81. The molecule has 0 aliphatic heterocycles. The molecule has 120 valence electrons. The van der Waals surface area contributed by atoms with Crippen molar-refractivity contribution in [3.8, 4) is 0 Å². The Morgan fingerprint density at radius 2 is 1.67 bits per heavy atom. The van der Waals surface area contributed by atoms with E-state index in [0.29, 0.717) is 17.9 Å². The van der Waals surface area contributed by atoms with E-state index >= 15 is 0 Å². The number of hydrogen-bond acceptors (Lipinski definition) is 1. The fourth-order valence-corrected chi connectivity index (χ4v) is 3.22.